The number of imidazole rings is 1. The number of carbonyl (C=O) groups excluding carboxylic acids is 1. The van der Waals surface area contributed by atoms with Crippen molar-refractivity contribution in [1.29, 1.82) is 0 Å². The Labute approximate surface area is 220 Å². The van der Waals surface area contributed by atoms with Crippen molar-refractivity contribution >= 4 is 22.6 Å². The second-order valence-electron chi connectivity index (χ2n) is 10.3. The van der Waals surface area contributed by atoms with Gasteiger partial charge in [0.05, 0.1) is 17.6 Å². The Bertz CT molecular complexity index is 1340. The first-order chi connectivity index (χ1) is 18.0. The van der Waals surface area contributed by atoms with Gasteiger partial charge in [0.2, 0.25) is 5.91 Å². The van der Waals surface area contributed by atoms with E-state index in [1.54, 1.807) is 0 Å². The van der Waals surface area contributed by atoms with Gasteiger partial charge in [-0.15, -0.1) is 0 Å². The van der Waals surface area contributed by atoms with E-state index in [-0.39, 0.29) is 11.8 Å². The highest BCUT2D eigenvalue weighted by Gasteiger charge is 2.34. The summed E-state index contributed by atoms with van der Waals surface area (Å²) in [5, 5.41) is 0. The van der Waals surface area contributed by atoms with Crippen LogP contribution < -0.4 is 9.64 Å². The molecule has 1 amide bonds. The maximum absolute atomic E-state index is 13.0. The van der Waals surface area contributed by atoms with Crippen LogP contribution in [-0.4, -0.2) is 28.6 Å². The van der Waals surface area contributed by atoms with Crippen molar-refractivity contribution in [2.24, 2.45) is 0 Å². The maximum atomic E-state index is 13.0. The minimum atomic E-state index is 0.0847. The van der Waals surface area contributed by atoms with Gasteiger partial charge in [-0.2, -0.15) is 0 Å². The number of para-hydroxylation sites is 2. The number of aryl methyl sites for hydroxylation is 2. The fourth-order valence-electron chi connectivity index (χ4n) is 5.19. The highest BCUT2D eigenvalue weighted by atomic mass is 16.5. The average Bonchev–Trinajstić information content (AvgIpc) is 3.49. The first kappa shape index (κ1) is 25.1. The number of hydrogen-bond donors (Lipinski definition) is 0. The monoisotopic (exact) mass is 495 g/mol. The molecule has 1 fully saturated rings. The summed E-state index contributed by atoms with van der Waals surface area (Å²) in [4.78, 5) is 19.9. The van der Waals surface area contributed by atoms with Gasteiger partial charge in [-0.05, 0) is 72.7 Å². The van der Waals surface area contributed by atoms with Crippen LogP contribution in [0.25, 0.3) is 11.0 Å². The van der Waals surface area contributed by atoms with Crippen LogP contribution in [0.4, 0.5) is 5.69 Å². The van der Waals surface area contributed by atoms with Crippen molar-refractivity contribution in [2.75, 3.05) is 18.1 Å². The van der Waals surface area contributed by atoms with Gasteiger partial charge >= 0.3 is 0 Å². The topological polar surface area (TPSA) is 47.4 Å². The third-order valence-electron chi connectivity index (χ3n) is 7.42. The Balaban J connectivity index is 1.25. The first-order valence-electron chi connectivity index (χ1n) is 13.6. The van der Waals surface area contributed by atoms with Gasteiger partial charge in [-0.1, -0.05) is 57.2 Å². The second-order valence-corrected chi connectivity index (χ2v) is 10.3. The minimum absolute atomic E-state index is 0.0847. The van der Waals surface area contributed by atoms with Crippen LogP contribution in [-0.2, 0) is 17.8 Å². The number of nitrogens with zero attached hydrogens (tertiary/aromatic N) is 3. The zero-order chi connectivity index (χ0) is 25.8. The number of rotatable bonds is 10. The third-order valence-corrected chi connectivity index (χ3v) is 7.42. The predicted octanol–water partition coefficient (Wildman–Crippen LogP) is 7.10. The van der Waals surface area contributed by atoms with E-state index < -0.39 is 0 Å². The molecule has 1 atom stereocenters. The molecule has 0 radical (unpaired) electrons. The summed E-state index contributed by atoms with van der Waals surface area (Å²) in [6, 6.07) is 25.1. The van der Waals surface area contributed by atoms with Crippen molar-refractivity contribution in [3.63, 3.8) is 0 Å². The molecule has 1 aliphatic heterocycles. The lowest BCUT2D eigenvalue weighted by molar-refractivity contribution is -0.117. The summed E-state index contributed by atoms with van der Waals surface area (Å²) < 4.78 is 8.32. The smallest absolute Gasteiger partial charge is 0.227 e. The van der Waals surface area contributed by atoms with Gasteiger partial charge in [0.15, 0.2) is 0 Å². The summed E-state index contributed by atoms with van der Waals surface area (Å²) in [6.07, 6.45) is 3.43. The molecule has 0 aliphatic carbocycles. The summed E-state index contributed by atoms with van der Waals surface area (Å²) in [5.41, 5.74) is 5.73. The van der Waals surface area contributed by atoms with Crippen LogP contribution in [0.1, 0.15) is 68.8 Å². The summed E-state index contributed by atoms with van der Waals surface area (Å²) in [7, 11) is 0. The standard InChI is InChI=1S/C32H37N3O2/c1-4-24-11-15-27(16-12-24)35-22-26(21-31(35)36)32-33-29-9-5-6-10-30(29)34(32)19-7-8-20-37-28-17-13-25(14-18-28)23(2)3/h5-6,9-18,23,26H,4,7-8,19-22H2,1-3H3. The van der Waals surface area contributed by atoms with E-state index in [0.29, 0.717) is 25.5 Å². The van der Waals surface area contributed by atoms with Gasteiger partial charge in [-0.25, -0.2) is 4.98 Å². The van der Waals surface area contributed by atoms with E-state index in [0.717, 1.165) is 54.1 Å². The number of amides is 1. The lowest BCUT2D eigenvalue weighted by Crippen LogP contribution is -2.24. The molecule has 1 aliphatic rings. The lowest BCUT2D eigenvalue weighted by Gasteiger charge is -2.18. The van der Waals surface area contributed by atoms with E-state index >= 15 is 0 Å². The van der Waals surface area contributed by atoms with Gasteiger partial charge in [0.1, 0.15) is 11.6 Å². The van der Waals surface area contributed by atoms with Crippen molar-refractivity contribution in [3.05, 3.63) is 89.7 Å². The number of fused-ring (bicyclic) bond motifs is 1. The van der Waals surface area contributed by atoms with Crippen molar-refractivity contribution in [2.45, 2.75) is 64.8 Å². The number of aromatic nitrogens is 2. The van der Waals surface area contributed by atoms with Crippen LogP contribution in [0.15, 0.2) is 72.8 Å². The van der Waals surface area contributed by atoms with Crippen LogP contribution in [0, 0.1) is 0 Å². The maximum Gasteiger partial charge on any atom is 0.227 e. The number of ether oxygens (including phenoxy) is 1. The van der Waals surface area contributed by atoms with E-state index in [4.69, 9.17) is 9.72 Å². The Morgan fingerprint density at radius 2 is 1.73 bits per heavy atom. The van der Waals surface area contributed by atoms with E-state index in [9.17, 15) is 4.79 Å². The molecule has 2 heterocycles. The zero-order valence-corrected chi connectivity index (χ0v) is 22.2. The molecule has 5 rings (SSSR count). The Morgan fingerprint density at radius 1 is 0.973 bits per heavy atom. The quantitative estimate of drug-likeness (QED) is 0.220. The lowest BCUT2D eigenvalue weighted by atomic mass is 10.0. The second kappa shape index (κ2) is 11.2. The molecule has 1 unspecified atom stereocenters. The third kappa shape index (κ3) is 5.56. The number of hydrogen-bond acceptors (Lipinski definition) is 3. The SMILES string of the molecule is CCc1ccc(N2CC(c3nc4ccccc4n3CCCCOc3ccc(C(C)C)cc3)CC2=O)cc1. The van der Waals surface area contributed by atoms with Crippen LogP contribution in [0.3, 0.4) is 0 Å². The molecule has 5 nitrogen and oxygen atoms in total. The van der Waals surface area contributed by atoms with Gasteiger partial charge < -0.3 is 14.2 Å². The molecule has 0 saturated carbocycles. The molecule has 0 N–H and O–H groups in total. The molecular formula is C32H37N3O2. The Morgan fingerprint density at radius 3 is 2.46 bits per heavy atom. The number of benzene rings is 3. The van der Waals surface area contributed by atoms with Crippen LogP contribution in [0.2, 0.25) is 0 Å². The summed E-state index contributed by atoms with van der Waals surface area (Å²) >= 11 is 0. The van der Waals surface area contributed by atoms with E-state index in [2.05, 4.69) is 92.1 Å². The highest BCUT2D eigenvalue weighted by Crippen LogP contribution is 2.33. The molecular weight excluding hydrogens is 458 g/mol. The van der Waals surface area contributed by atoms with Gasteiger partial charge in [0, 0.05) is 31.1 Å². The molecule has 0 spiro atoms. The molecule has 1 saturated heterocycles. The largest absolute Gasteiger partial charge is 0.494 e. The zero-order valence-electron chi connectivity index (χ0n) is 22.2. The first-order valence-corrected chi connectivity index (χ1v) is 13.6. The van der Waals surface area contributed by atoms with Crippen LogP contribution >= 0.6 is 0 Å². The molecule has 4 aromatic rings. The number of anilines is 1. The predicted molar refractivity (Wildman–Crippen MR) is 151 cm³/mol. The summed E-state index contributed by atoms with van der Waals surface area (Å²) in [6.45, 7) is 8.77. The van der Waals surface area contributed by atoms with Crippen LogP contribution in [0.5, 0.6) is 5.75 Å². The average molecular weight is 496 g/mol. The fraction of sp³-hybridized carbons (Fsp3) is 0.375. The highest BCUT2D eigenvalue weighted by molar-refractivity contribution is 5.96. The van der Waals surface area contributed by atoms with Crippen molar-refractivity contribution < 1.29 is 9.53 Å². The molecule has 37 heavy (non-hydrogen) atoms. The molecule has 192 valence electrons. The van der Waals surface area contributed by atoms with Crippen molar-refractivity contribution in [3.8, 4) is 5.75 Å². The number of unbranched alkanes of at least 4 members (excludes halogenated alkanes) is 1. The molecule has 1 aromatic heterocycles. The number of carbonyl (C=O) groups is 1. The minimum Gasteiger partial charge on any atom is -0.494 e. The molecule has 3 aromatic carbocycles. The molecule has 0 bridgehead atoms. The fourth-order valence-corrected chi connectivity index (χ4v) is 5.19. The summed E-state index contributed by atoms with van der Waals surface area (Å²) in [5.74, 6) is 2.73. The Hall–Kier alpha value is -3.60. The normalized spacial score (nSPS) is 15.7. The Kier molecular flexibility index (Phi) is 7.59. The van der Waals surface area contributed by atoms with E-state index in [1.807, 2.05) is 11.0 Å². The molecule has 5 heteroatoms. The van der Waals surface area contributed by atoms with Gasteiger partial charge in [-0.3, -0.25) is 4.79 Å². The van der Waals surface area contributed by atoms with Crippen molar-refractivity contribution in [1.82, 2.24) is 9.55 Å². The van der Waals surface area contributed by atoms with Gasteiger partial charge in [0.25, 0.3) is 0 Å². The van der Waals surface area contributed by atoms with E-state index in [1.165, 1.54) is 11.1 Å².